The van der Waals surface area contributed by atoms with Crippen LogP contribution in [-0.2, 0) is 21.2 Å². The Balaban J connectivity index is 1.76. The number of hydrogen-bond donors (Lipinski definition) is 3. The molecule has 11 heteroatoms. The number of aromatic hydroxyl groups is 1. The quantitative estimate of drug-likeness (QED) is 0.473. The molecule has 0 unspecified atom stereocenters. The van der Waals surface area contributed by atoms with Gasteiger partial charge in [-0.1, -0.05) is 0 Å². The number of nitrogens with zero attached hydrogens (tertiary/aromatic N) is 4. The summed E-state index contributed by atoms with van der Waals surface area (Å²) in [7, 11) is -3.88. The van der Waals surface area contributed by atoms with Crippen LogP contribution in [0, 0.1) is 13.8 Å². The number of hydrogen-bond acceptors (Lipinski definition) is 8. The summed E-state index contributed by atoms with van der Waals surface area (Å²) in [4.78, 5) is 19.0. The van der Waals surface area contributed by atoms with Crippen molar-refractivity contribution >= 4 is 33.3 Å². The molecule has 3 aromatic rings. The molecule has 0 atom stereocenters. The smallest absolute Gasteiger partial charge is 0.307 e. The molecule has 0 aliphatic rings. The van der Waals surface area contributed by atoms with E-state index in [9.17, 15) is 18.3 Å². The number of benzene rings is 2. The number of azo groups is 1. The average molecular weight is 441 g/mol. The highest BCUT2D eigenvalue weighted by atomic mass is 32.2. The zero-order valence-electron chi connectivity index (χ0n) is 16.6. The van der Waals surface area contributed by atoms with Crippen molar-refractivity contribution in [2.24, 2.45) is 10.2 Å². The van der Waals surface area contributed by atoms with Crippen molar-refractivity contribution < 1.29 is 23.4 Å². The van der Waals surface area contributed by atoms with Crippen molar-refractivity contribution in [1.29, 1.82) is 0 Å². The number of aliphatic carboxylic acids is 1. The van der Waals surface area contributed by atoms with Gasteiger partial charge >= 0.3 is 5.97 Å². The lowest BCUT2D eigenvalue weighted by Gasteiger charge is -2.08. The molecular weight excluding hydrogens is 422 g/mol. The predicted molar refractivity (Wildman–Crippen MR) is 112 cm³/mol. The number of aromatic nitrogens is 2. The fourth-order valence-electron chi connectivity index (χ4n) is 2.70. The summed E-state index contributed by atoms with van der Waals surface area (Å²) in [5.41, 5.74) is 2.22. The van der Waals surface area contributed by atoms with Gasteiger partial charge in [0.2, 0.25) is 5.95 Å². The highest BCUT2D eigenvalue weighted by molar-refractivity contribution is 7.92. The normalized spacial score (nSPS) is 11.5. The van der Waals surface area contributed by atoms with Crippen molar-refractivity contribution in [3.63, 3.8) is 0 Å². The van der Waals surface area contributed by atoms with Crippen molar-refractivity contribution in [3.05, 3.63) is 65.5 Å². The number of carbonyl (C=O) groups is 1. The molecule has 3 rings (SSSR count). The van der Waals surface area contributed by atoms with E-state index in [1.165, 1.54) is 42.5 Å². The van der Waals surface area contributed by atoms with Crippen molar-refractivity contribution in [2.75, 3.05) is 4.72 Å². The maximum Gasteiger partial charge on any atom is 0.307 e. The van der Waals surface area contributed by atoms with Gasteiger partial charge in [-0.25, -0.2) is 23.1 Å². The minimum absolute atomic E-state index is 0.00240. The van der Waals surface area contributed by atoms with Crippen LogP contribution in [0.1, 0.15) is 17.0 Å². The number of sulfonamides is 1. The van der Waals surface area contributed by atoms with Crippen LogP contribution in [-0.4, -0.2) is 34.6 Å². The van der Waals surface area contributed by atoms with E-state index in [4.69, 9.17) is 5.11 Å². The molecule has 0 spiro atoms. The third-order valence-electron chi connectivity index (χ3n) is 4.04. The molecule has 0 fully saturated rings. The maximum absolute atomic E-state index is 12.6. The first-order chi connectivity index (χ1) is 14.6. The zero-order chi connectivity index (χ0) is 22.6. The first-order valence-electron chi connectivity index (χ1n) is 9.03. The van der Waals surface area contributed by atoms with E-state index in [1.807, 2.05) is 0 Å². The summed E-state index contributed by atoms with van der Waals surface area (Å²) < 4.78 is 27.5. The summed E-state index contributed by atoms with van der Waals surface area (Å²) >= 11 is 0. The SMILES string of the molecule is Cc1cc(C)nc(NS(=O)(=O)c2ccc(N=Nc3ccc(O)c(CC(=O)O)c3)cc2)n1. The molecule has 0 aliphatic heterocycles. The summed E-state index contributed by atoms with van der Waals surface area (Å²) in [6.45, 7) is 3.48. The van der Waals surface area contributed by atoms with Crippen molar-refractivity contribution in [3.8, 4) is 5.75 Å². The topological polar surface area (TPSA) is 154 Å². The first-order valence-corrected chi connectivity index (χ1v) is 10.5. The van der Waals surface area contributed by atoms with E-state index in [0.29, 0.717) is 22.8 Å². The van der Waals surface area contributed by atoms with E-state index in [2.05, 4.69) is 24.9 Å². The number of phenols is 1. The second kappa shape index (κ2) is 8.88. The van der Waals surface area contributed by atoms with Crippen LogP contribution in [0.3, 0.4) is 0 Å². The molecule has 3 N–H and O–H groups in total. The lowest BCUT2D eigenvalue weighted by molar-refractivity contribution is -0.136. The van der Waals surface area contributed by atoms with Crippen molar-refractivity contribution in [1.82, 2.24) is 9.97 Å². The number of carboxylic acids is 1. The molecule has 0 radical (unpaired) electrons. The number of phenolic OH excluding ortho intramolecular Hbond substituents is 1. The van der Waals surface area contributed by atoms with Gasteiger partial charge in [0.15, 0.2) is 0 Å². The maximum atomic E-state index is 12.6. The largest absolute Gasteiger partial charge is 0.508 e. The fraction of sp³-hybridized carbons (Fsp3) is 0.150. The van der Waals surface area contributed by atoms with Crippen LogP contribution in [0.4, 0.5) is 17.3 Å². The van der Waals surface area contributed by atoms with E-state index in [-0.39, 0.29) is 28.6 Å². The van der Waals surface area contributed by atoms with Gasteiger partial charge in [0.1, 0.15) is 5.75 Å². The number of aryl methyl sites for hydroxylation is 2. The predicted octanol–water partition coefficient (Wildman–Crippen LogP) is 3.64. The lowest BCUT2D eigenvalue weighted by atomic mass is 10.1. The van der Waals surface area contributed by atoms with Crippen LogP contribution >= 0.6 is 0 Å². The van der Waals surface area contributed by atoms with Crippen LogP contribution < -0.4 is 4.72 Å². The van der Waals surface area contributed by atoms with Gasteiger partial charge in [0, 0.05) is 17.0 Å². The van der Waals surface area contributed by atoms with Gasteiger partial charge in [-0.05, 0) is 62.4 Å². The van der Waals surface area contributed by atoms with Gasteiger partial charge in [-0.3, -0.25) is 4.79 Å². The molecule has 0 saturated heterocycles. The third-order valence-corrected chi connectivity index (χ3v) is 5.38. The van der Waals surface area contributed by atoms with Gasteiger partial charge < -0.3 is 10.2 Å². The number of anilines is 1. The number of carboxylic acid groups (broad SMARTS) is 1. The number of nitrogens with one attached hydrogen (secondary N) is 1. The monoisotopic (exact) mass is 441 g/mol. The average Bonchev–Trinajstić information content (AvgIpc) is 2.67. The molecule has 0 amide bonds. The van der Waals surface area contributed by atoms with Gasteiger partial charge in [-0.2, -0.15) is 10.2 Å². The Morgan fingerprint density at radius 1 is 0.968 bits per heavy atom. The van der Waals surface area contributed by atoms with E-state index >= 15 is 0 Å². The van der Waals surface area contributed by atoms with Gasteiger partial charge in [0.25, 0.3) is 10.0 Å². The summed E-state index contributed by atoms with van der Waals surface area (Å²) in [6.07, 6.45) is -0.348. The molecule has 31 heavy (non-hydrogen) atoms. The molecule has 2 aromatic carbocycles. The molecule has 1 heterocycles. The van der Waals surface area contributed by atoms with Crippen LogP contribution in [0.5, 0.6) is 5.75 Å². The molecule has 160 valence electrons. The van der Waals surface area contributed by atoms with Crippen molar-refractivity contribution in [2.45, 2.75) is 25.2 Å². The molecular formula is C20H19N5O5S. The Hall–Kier alpha value is -3.86. The Kier molecular flexibility index (Phi) is 6.25. The van der Waals surface area contributed by atoms with Crippen LogP contribution in [0.25, 0.3) is 0 Å². The molecule has 10 nitrogen and oxygen atoms in total. The fourth-order valence-corrected chi connectivity index (χ4v) is 3.64. The Morgan fingerprint density at radius 3 is 2.16 bits per heavy atom. The first kappa shape index (κ1) is 21.8. The van der Waals surface area contributed by atoms with E-state index in [1.54, 1.807) is 19.9 Å². The molecule has 1 aromatic heterocycles. The highest BCUT2D eigenvalue weighted by Gasteiger charge is 2.16. The van der Waals surface area contributed by atoms with E-state index in [0.717, 1.165) is 0 Å². The molecule has 0 bridgehead atoms. The standard InChI is InChI=1S/C20H19N5O5S/c1-12-9-13(2)22-20(21-12)25-31(29,30)17-6-3-15(4-7-17)23-24-16-5-8-18(26)14(10-16)11-19(27)28/h3-10,26H,11H2,1-2H3,(H,27,28)(H,21,22,25). The van der Waals surface area contributed by atoms with Gasteiger partial charge in [0.05, 0.1) is 22.7 Å². The second-order valence-corrected chi connectivity index (χ2v) is 8.34. The minimum Gasteiger partial charge on any atom is -0.508 e. The van der Waals surface area contributed by atoms with Gasteiger partial charge in [-0.15, -0.1) is 0 Å². The molecule has 0 saturated carbocycles. The zero-order valence-corrected chi connectivity index (χ0v) is 17.5. The Morgan fingerprint density at radius 2 is 1.55 bits per heavy atom. The second-order valence-electron chi connectivity index (χ2n) is 6.66. The summed E-state index contributed by atoms with van der Waals surface area (Å²) in [5, 5.41) is 26.6. The number of rotatable bonds is 7. The lowest BCUT2D eigenvalue weighted by Crippen LogP contribution is -2.15. The van der Waals surface area contributed by atoms with Crippen LogP contribution in [0.2, 0.25) is 0 Å². The summed E-state index contributed by atoms with van der Waals surface area (Å²) in [5.74, 6) is -1.23. The molecule has 0 aliphatic carbocycles. The Bertz CT molecular complexity index is 1240. The van der Waals surface area contributed by atoms with Crippen LogP contribution in [0.15, 0.2) is 63.7 Å². The van der Waals surface area contributed by atoms with E-state index < -0.39 is 16.0 Å². The Labute approximate surface area is 178 Å². The summed E-state index contributed by atoms with van der Waals surface area (Å²) in [6, 6.07) is 11.6. The third kappa shape index (κ3) is 5.82. The highest BCUT2D eigenvalue weighted by Crippen LogP contribution is 2.26. The minimum atomic E-state index is -3.88.